The van der Waals surface area contributed by atoms with Crippen LogP contribution in [0.1, 0.15) is 17.0 Å². The molecule has 4 aromatic rings. The summed E-state index contributed by atoms with van der Waals surface area (Å²) in [5.41, 5.74) is 4.62. The summed E-state index contributed by atoms with van der Waals surface area (Å²) in [6.07, 6.45) is 4.45. The number of aromatic nitrogens is 5. The lowest BCUT2D eigenvalue weighted by Gasteiger charge is -2.27. The number of benzene rings is 2. The molecule has 0 aliphatic carbocycles. The average Bonchev–Trinajstić information content (AvgIpc) is 3.42. The van der Waals surface area contributed by atoms with E-state index in [1.54, 1.807) is 9.58 Å². The minimum absolute atomic E-state index is 0.103. The second kappa shape index (κ2) is 8.23. The van der Waals surface area contributed by atoms with Gasteiger partial charge in [-0.1, -0.05) is 41.1 Å². The highest BCUT2D eigenvalue weighted by Crippen LogP contribution is 2.21. The van der Waals surface area contributed by atoms with E-state index < -0.39 is 0 Å². The Bertz CT molecular complexity index is 1220. The number of nitrogens with one attached hydrogen (secondary N) is 1. The van der Waals surface area contributed by atoms with Gasteiger partial charge in [-0.25, -0.2) is 9.48 Å². The van der Waals surface area contributed by atoms with Crippen molar-refractivity contribution in [2.45, 2.75) is 19.5 Å². The summed E-state index contributed by atoms with van der Waals surface area (Å²) in [5.74, 6) is 0. The summed E-state index contributed by atoms with van der Waals surface area (Å²) in [6.45, 7) is 1.68. The van der Waals surface area contributed by atoms with Gasteiger partial charge in [-0.2, -0.15) is 5.10 Å². The summed E-state index contributed by atoms with van der Waals surface area (Å²) in [6, 6.07) is 16.8. The topological polar surface area (TPSA) is 80.9 Å². The third-order valence-corrected chi connectivity index (χ3v) is 5.49. The molecule has 31 heavy (non-hydrogen) atoms. The number of urea groups is 1. The van der Waals surface area contributed by atoms with Crippen LogP contribution in [0.4, 0.5) is 10.5 Å². The van der Waals surface area contributed by atoms with Crippen LogP contribution in [0.15, 0.2) is 67.0 Å². The Balaban J connectivity index is 1.27. The molecule has 1 N–H and O–H groups in total. The zero-order valence-electron chi connectivity index (χ0n) is 16.6. The molecule has 0 spiro atoms. The minimum Gasteiger partial charge on any atom is -0.320 e. The van der Waals surface area contributed by atoms with Crippen molar-refractivity contribution in [1.29, 1.82) is 0 Å². The normalized spacial score (nSPS) is 13.1. The van der Waals surface area contributed by atoms with Gasteiger partial charge in [0.2, 0.25) is 0 Å². The molecule has 2 aromatic heterocycles. The SMILES string of the molecule is O=C(Nc1ccccc1)N1CCc2c(cnn2Cc2cn(-c3cccc(Cl)c3)nn2)C1. The summed E-state index contributed by atoms with van der Waals surface area (Å²) in [4.78, 5) is 14.4. The molecule has 0 atom stereocenters. The monoisotopic (exact) mass is 433 g/mol. The van der Waals surface area contributed by atoms with Crippen molar-refractivity contribution in [2.75, 3.05) is 11.9 Å². The quantitative estimate of drug-likeness (QED) is 0.531. The highest BCUT2D eigenvalue weighted by Gasteiger charge is 2.24. The van der Waals surface area contributed by atoms with Crippen LogP contribution in [-0.4, -0.2) is 42.3 Å². The highest BCUT2D eigenvalue weighted by atomic mass is 35.5. The molecule has 8 nitrogen and oxygen atoms in total. The highest BCUT2D eigenvalue weighted by molar-refractivity contribution is 6.30. The number of rotatable bonds is 4. The summed E-state index contributed by atoms with van der Waals surface area (Å²) >= 11 is 6.07. The van der Waals surface area contributed by atoms with E-state index in [9.17, 15) is 4.79 Å². The Kier molecular flexibility index (Phi) is 5.13. The first-order valence-corrected chi connectivity index (χ1v) is 10.4. The van der Waals surface area contributed by atoms with Crippen molar-refractivity contribution in [3.05, 3.63) is 89.0 Å². The number of hydrogen-bond acceptors (Lipinski definition) is 4. The molecule has 2 aromatic carbocycles. The fourth-order valence-corrected chi connectivity index (χ4v) is 3.88. The van der Waals surface area contributed by atoms with Gasteiger partial charge < -0.3 is 10.2 Å². The van der Waals surface area contributed by atoms with Gasteiger partial charge in [0, 0.05) is 34.9 Å². The van der Waals surface area contributed by atoms with E-state index in [2.05, 4.69) is 20.7 Å². The molecular formula is C22H20ClN7O. The van der Waals surface area contributed by atoms with Crippen LogP contribution in [-0.2, 0) is 19.5 Å². The molecule has 0 saturated heterocycles. The number of halogens is 1. The van der Waals surface area contributed by atoms with Gasteiger partial charge >= 0.3 is 6.03 Å². The number of hydrogen-bond donors (Lipinski definition) is 1. The number of nitrogens with zero attached hydrogens (tertiary/aromatic N) is 6. The largest absolute Gasteiger partial charge is 0.322 e. The lowest BCUT2D eigenvalue weighted by molar-refractivity contribution is 0.205. The number of amides is 2. The van der Waals surface area contributed by atoms with Gasteiger partial charge in [-0.15, -0.1) is 5.10 Å². The predicted octanol–water partition coefficient (Wildman–Crippen LogP) is 3.76. The Morgan fingerprint density at radius 3 is 2.84 bits per heavy atom. The van der Waals surface area contributed by atoms with Crippen molar-refractivity contribution in [3.63, 3.8) is 0 Å². The van der Waals surface area contributed by atoms with Crippen LogP contribution in [0.25, 0.3) is 5.69 Å². The molecule has 1 aliphatic rings. The molecule has 1 aliphatic heterocycles. The first kappa shape index (κ1) is 19.3. The minimum atomic E-state index is -0.103. The van der Waals surface area contributed by atoms with Crippen molar-refractivity contribution < 1.29 is 4.79 Å². The van der Waals surface area contributed by atoms with Gasteiger partial charge in [-0.05, 0) is 30.3 Å². The maximum Gasteiger partial charge on any atom is 0.322 e. The van der Waals surface area contributed by atoms with E-state index in [1.165, 1.54) is 0 Å². The Morgan fingerprint density at radius 2 is 2.00 bits per heavy atom. The van der Waals surface area contributed by atoms with Crippen LogP contribution in [0.2, 0.25) is 5.02 Å². The summed E-state index contributed by atoms with van der Waals surface area (Å²) in [5, 5.41) is 16.6. The third kappa shape index (κ3) is 4.15. The summed E-state index contributed by atoms with van der Waals surface area (Å²) in [7, 11) is 0. The maximum atomic E-state index is 12.6. The van der Waals surface area contributed by atoms with E-state index in [0.717, 1.165) is 34.7 Å². The van der Waals surface area contributed by atoms with E-state index in [1.807, 2.05) is 71.7 Å². The Morgan fingerprint density at radius 1 is 1.13 bits per heavy atom. The molecule has 3 heterocycles. The number of anilines is 1. The lowest BCUT2D eigenvalue weighted by atomic mass is 10.1. The number of carbonyl (C=O) groups is 1. The Labute approximate surface area is 184 Å². The molecule has 0 radical (unpaired) electrons. The fourth-order valence-electron chi connectivity index (χ4n) is 3.70. The second-order valence-electron chi connectivity index (χ2n) is 7.38. The smallest absolute Gasteiger partial charge is 0.320 e. The van der Waals surface area contributed by atoms with E-state index in [-0.39, 0.29) is 6.03 Å². The second-order valence-corrected chi connectivity index (χ2v) is 7.81. The standard InChI is InChI=1S/C22H20ClN7O/c23-17-5-4-8-20(11-17)29-14-19(26-27-29)15-30-21-9-10-28(13-16(21)12-24-30)22(31)25-18-6-2-1-3-7-18/h1-8,11-12,14H,9-10,13,15H2,(H,25,31). The number of fused-ring (bicyclic) bond motifs is 1. The van der Waals surface area contributed by atoms with Gasteiger partial charge in [0.05, 0.1) is 31.2 Å². The first-order chi connectivity index (χ1) is 15.2. The van der Waals surface area contributed by atoms with Crippen LogP contribution in [0.5, 0.6) is 0 Å². The number of carbonyl (C=O) groups excluding carboxylic acids is 1. The molecule has 0 bridgehead atoms. The van der Waals surface area contributed by atoms with Gasteiger partial charge in [0.1, 0.15) is 5.69 Å². The third-order valence-electron chi connectivity index (χ3n) is 5.25. The zero-order valence-corrected chi connectivity index (χ0v) is 17.4. The van der Waals surface area contributed by atoms with E-state index in [4.69, 9.17) is 11.6 Å². The lowest BCUT2D eigenvalue weighted by Crippen LogP contribution is -2.39. The van der Waals surface area contributed by atoms with Crippen molar-refractivity contribution in [3.8, 4) is 5.69 Å². The van der Waals surface area contributed by atoms with Gasteiger partial charge in [-0.3, -0.25) is 4.68 Å². The molecule has 0 saturated carbocycles. The maximum absolute atomic E-state index is 12.6. The molecule has 5 rings (SSSR count). The van der Waals surface area contributed by atoms with Crippen molar-refractivity contribution in [2.24, 2.45) is 0 Å². The molecule has 156 valence electrons. The molecular weight excluding hydrogens is 414 g/mol. The van der Waals surface area contributed by atoms with Crippen LogP contribution in [0, 0.1) is 0 Å². The summed E-state index contributed by atoms with van der Waals surface area (Å²) < 4.78 is 3.64. The molecule has 9 heteroatoms. The molecule has 2 amide bonds. The zero-order chi connectivity index (χ0) is 21.2. The average molecular weight is 434 g/mol. The van der Waals surface area contributed by atoms with Gasteiger partial charge in [0.15, 0.2) is 0 Å². The van der Waals surface area contributed by atoms with E-state index >= 15 is 0 Å². The van der Waals surface area contributed by atoms with Crippen LogP contribution >= 0.6 is 11.6 Å². The van der Waals surface area contributed by atoms with Crippen LogP contribution in [0.3, 0.4) is 0 Å². The van der Waals surface area contributed by atoms with Crippen molar-refractivity contribution >= 4 is 23.3 Å². The first-order valence-electron chi connectivity index (χ1n) is 9.97. The van der Waals surface area contributed by atoms with Gasteiger partial charge in [0.25, 0.3) is 0 Å². The molecule has 0 unspecified atom stereocenters. The Hall–Kier alpha value is -3.65. The van der Waals surface area contributed by atoms with E-state index in [0.29, 0.717) is 24.7 Å². The number of para-hydroxylation sites is 1. The molecule has 0 fully saturated rings. The predicted molar refractivity (Wildman–Crippen MR) is 117 cm³/mol. The van der Waals surface area contributed by atoms with Crippen molar-refractivity contribution in [1.82, 2.24) is 29.7 Å². The fraction of sp³-hybridized carbons (Fsp3) is 0.182. The van der Waals surface area contributed by atoms with Crippen LogP contribution < -0.4 is 5.32 Å².